The van der Waals surface area contributed by atoms with Crippen molar-refractivity contribution in [2.75, 3.05) is 6.61 Å². The number of H-pyrrole nitrogens is 1. The van der Waals surface area contributed by atoms with Gasteiger partial charge in [-0.1, -0.05) is 0 Å². The first-order valence-corrected chi connectivity index (χ1v) is 3.85. The summed E-state index contributed by atoms with van der Waals surface area (Å²) in [6.07, 6.45) is 1.64. The molecule has 0 atom stereocenters. The van der Waals surface area contributed by atoms with Gasteiger partial charge >= 0.3 is 0 Å². The number of hydrogen-bond donors (Lipinski definition) is 3. The summed E-state index contributed by atoms with van der Waals surface area (Å²) in [6.45, 7) is -0.339. The molecule has 1 aromatic heterocycles. The molecular weight excluding hydrogens is 188 g/mol. The van der Waals surface area contributed by atoms with Gasteiger partial charge in [0.25, 0.3) is 0 Å². The largest absolute Gasteiger partial charge is 0.368 e. The summed E-state index contributed by atoms with van der Waals surface area (Å²) < 4.78 is 0. The lowest BCUT2D eigenvalue weighted by Gasteiger charge is -2.02. The van der Waals surface area contributed by atoms with Crippen LogP contribution in [-0.4, -0.2) is 28.6 Å². The van der Waals surface area contributed by atoms with Crippen molar-refractivity contribution >= 4 is 11.8 Å². The molecule has 0 aromatic carbocycles. The van der Waals surface area contributed by atoms with Gasteiger partial charge in [0.1, 0.15) is 0 Å². The molecular formula is C7H10N4O3. The molecule has 0 radical (unpaired) electrons. The quantitative estimate of drug-likeness (QED) is 0.499. The number of aromatic amines is 1. The fraction of sp³-hybridized carbons (Fsp3) is 0.286. The Morgan fingerprint density at radius 3 is 3.00 bits per heavy atom. The number of carbonyl (C=O) groups is 2. The smallest absolute Gasteiger partial charge is 0.249 e. The number of rotatable bonds is 5. The average molecular weight is 198 g/mol. The molecule has 0 bridgehead atoms. The molecule has 0 aliphatic carbocycles. The van der Waals surface area contributed by atoms with Gasteiger partial charge in [-0.05, 0) is 6.07 Å². The van der Waals surface area contributed by atoms with Gasteiger partial charge in [-0.3, -0.25) is 19.5 Å². The second-order valence-electron chi connectivity index (χ2n) is 2.54. The molecule has 2 amide bonds. The molecule has 1 aromatic rings. The number of hydroxylamine groups is 1. The number of carbonyl (C=O) groups excluding carboxylic acids is 2. The SMILES string of the molecule is NC(=O)CONC(=O)Cc1ccn[nH]1. The first kappa shape index (κ1) is 10.2. The van der Waals surface area contributed by atoms with Crippen LogP contribution in [0, 0.1) is 0 Å². The highest BCUT2D eigenvalue weighted by molar-refractivity contribution is 5.78. The maximum absolute atomic E-state index is 11.1. The van der Waals surface area contributed by atoms with Crippen molar-refractivity contribution in [3.8, 4) is 0 Å². The molecule has 1 heterocycles. The molecule has 4 N–H and O–H groups in total. The monoisotopic (exact) mass is 198 g/mol. The standard InChI is InChI=1S/C7H10N4O3/c8-6(12)4-14-11-7(13)3-5-1-2-9-10-5/h1-2H,3-4H2,(H2,8,12)(H,9,10)(H,11,13). The summed E-state index contributed by atoms with van der Waals surface area (Å²) in [6, 6.07) is 1.66. The molecule has 0 aliphatic rings. The summed E-state index contributed by atoms with van der Waals surface area (Å²) in [4.78, 5) is 25.8. The Labute approximate surface area is 79.6 Å². The Hall–Kier alpha value is -1.89. The van der Waals surface area contributed by atoms with Crippen molar-refractivity contribution in [2.24, 2.45) is 5.73 Å². The van der Waals surface area contributed by atoms with Gasteiger partial charge in [-0.2, -0.15) is 5.10 Å². The summed E-state index contributed by atoms with van der Waals surface area (Å²) in [7, 11) is 0. The minimum absolute atomic E-state index is 0.110. The zero-order valence-corrected chi connectivity index (χ0v) is 7.32. The Balaban J connectivity index is 2.20. The van der Waals surface area contributed by atoms with E-state index in [0.717, 1.165) is 0 Å². The van der Waals surface area contributed by atoms with Gasteiger partial charge < -0.3 is 5.73 Å². The highest BCUT2D eigenvalue weighted by Gasteiger charge is 2.04. The molecule has 14 heavy (non-hydrogen) atoms. The van der Waals surface area contributed by atoms with Gasteiger partial charge in [0, 0.05) is 11.9 Å². The van der Waals surface area contributed by atoms with Gasteiger partial charge in [0.15, 0.2) is 6.61 Å². The van der Waals surface area contributed by atoms with E-state index in [4.69, 9.17) is 5.73 Å². The lowest BCUT2D eigenvalue weighted by atomic mass is 10.3. The van der Waals surface area contributed by atoms with Gasteiger partial charge in [-0.25, -0.2) is 5.48 Å². The minimum atomic E-state index is -0.646. The van der Waals surface area contributed by atoms with E-state index in [-0.39, 0.29) is 18.9 Å². The Bertz CT molecular complexity index is 309. The topological polar surface area (TPSA) is 110 Å². The molecule has 0 unspecified atom stereocenters. The number of nitrogens with zero attached hydrogens (tertiary/aromatic N) is 1. The minimum Gasteiger partial charge on any atom is -0.368 e. The van der Waals surface area contributed by atoms with Crippen LogP contribution in [0.5, 0.6) is 0 Å². The average Bonchev–Trinajstić information content (AvgIpc) is 2.56. The normalized spacial score (nSPS) is 9.71. The lowest BCUT2D eigenvalue weighted by Crippen LogP contribution is -2.30. The molecule has 0 spiro atoms. The van der Waals surface area contributed by atoms with Gasteiger partial charge in [-0.15, -0.1) is 0 Å². The van der Waals surface area contributed by atoms with Gasteiger partial charge in [0.05, 0.1) is 6.42 Å². The van der Waals surface area contributed by atoms with E-state index in [1.807, 2.05) is 0 Å². The van der Waals surface area contributed by atoms with Gasteiger partial charge in [0.2, 0.25) is 11.8 Å². The molecule has 0 aliphatic heterocycles. The molecule has 0 saturated heterocycles. The second-order valence-corrected chi connectivity index (χ2v) is 2.54. The van der Waals surface area contributed by atoms with Crippen molar-refractivity contribution in [1.29, 1.82) is 0 Å². The zero-order chi connectivity index (χ0) is 10.4. The van der Waals surface area contributed by atoms with Crippen molar-refractivity contribution in [3.05, 3.63) is 18.0 Å². The van der Waals surface area contributed by atoms with Crippen molar-refractivity contribution in [1.82, 2.24) is 15.7 Å². The molecule has 7 nitrogen and oxygen atoms in total. The predicted molar refractivity (Wildman–Crippen MR) is 45.6 cm³/mol. The van der Waals surface area contributed by atoms with Crippen molar-refractivity contribution < 1.29 is 14.4 Å². The third kappa shape index (κ3) is 3.68. The number of hydrogen-bond acceptors (Lipinski definition) is 4. The van der Waals surface area contributed by atoms with Crippen LogP contribution in [0.3, 0.4) is 0 Å². The summed E-state index contributed by atoms with van der Waals surface area (Å²) >= 11 is 0. The van der Waals surface area contributed by atoms with Crippen molar-refractivity contribution in [2.45, 2.75) is 6.42 Å². The first-order valence-electron chi connectivity index (χ1n) is 3.85. The third-order valence-electron chi connectivity index (χ3n) is 1.31. The van der Waals surface area contributed by atoms with E-state index in [1.54, 1.807) is 6.07 Å². The molecule has 7 heteroatoms. The van der Waals surface area contributed by atoms with Crippen LogP contribution in [0.15, 0.2) is 12.3 Å². The van der Waals surface area contributed by atoms with Crippen LogP contribution in [0.2, 0.25) is 0 Å². The van der Waals surface area contributed by atoms with E-state index < -0.39 is 5.91 Å². The number of amides is 2. The van der Waals surface area contributed by atoms with Crippen LogP contribution in [0.1, 0.15) is 5.69 Å². The first-order chi connectivity index (χ1) is 6.68. The van der Waals surface area contributed by atoms with E-state index in [1.165, 1.54) is 6.20 Å². The predicted octanol–water partition coefficient (Wildman–Crippen LogP) is -1.51. The Morgan fingerprint density at radius 2 is 2.43 bits per heavy atom. The highest BCUT2D eigenvalue weighted by Crippen LogP contribution is 1.92. The van der Waals surface area contributed by atoms with Crippen LogP contribution in [0.4, 0.5) is 0 Å². The molecule has 0 fully saturated rings. The van der Waals surface area contributed by atoms with Crippen LogP contribution in [0.25, 0.3) is 0 Å². The Kier molecular flexibility index (Phi) is 3.62. The van der Waals surface area contributed by atoms with E-state index in [0.29, 0.717) is 5.69 Å². The van der Waals surface area contributed by atoms with Crippen LogP contribution in [-0.2, 0) is 20.8 Å². The van der Waals surface area contributed by atoms with E-state index in [9.17, 15) is 9.59 Å². The number of nitrogens with one attached hydrogen (secondary N) is 2. The summed E-state index contributed by atoms with van der Waals surface area (Å²) in [5.41, 5.74) is 7.51. The van der Waals surface area contributed by atoms with Crippen molar-refractivity contribution in [3.63, 3.8) is 0 Å². The fourth-order valence-electron chi connectivity index (χ4n) is 0.780. The maximum atomic E-state index is 11.1. The molecule has 76 valence electrons. The summed E-state index contributed by atoms with van der Waals surface area (Å²) in [5.74, 6) is -1.03. The zero-order valence-electron chi connectivity index (χ0n) is 7.32. The molecule has 1 rings (SSSR count). The maximum Gasteiger partial charge on any atom is 0.249 e. The van der Waals surface area contributed by atoms with Crippen LogP contribution >= 0.6 is 0 Å². The lowest BCUT2D eigenvalue weighted by molar-refractivity contribution is -0.137. The Morgan fingerprint density at radius 1 is 1.64 bits per heavy atom. The second kappa shape index (κ2) is 4.97. The summed E-state index contributed by atoms with van der Waals surface area (Å²) in [5, 5.41) is 6.27. The number of aromatic nitrogens is 2. The van der Waals surface area contributed by atoms with Crippen LogP contribution < -0.4 is 11.2 Å². The third-order valence-corrected chi connectivity index (χ3v) is 1.31. The number of nitrogens with two attached hydrogens (primary N) is 1. The fourth-order valence-corrected chi connectivity index (χ4v) is 0.780. The van der Waals surface area contributed by atoms with E-state index >= 15 is 0 Å². The highest BCUT2D eigenvalue weighted by atomic mass is 16.7. The molecule has 0 saturated carbocycles. The number of primary amides is 1. The van der Waals surface area contributed by atoms with E-state index in [2.05, 4.69) is 20.5 Å².